The van der Waals surface area contributed by atoms with Crippen molar-refractivity contribution in [3.8, 4) is 0 Å². The average Bonchev–Trinajstić information content (AvgIpc) is 3.54. The largest absolute Gasteiger partial charge is 0.455 e. The van der Waals surface area contributed by atoms with Crippen molar-refractivity contribution in [3.63, 3.8) is 0 Å². The predicted octanol–water partition coefficient (Wildman–Crippen LogP) is 2.91. The van der Waals surface area contributed by atoms with Gasteiger partial charge in [-0.1, -0.05) is 44.2 Å². The van der Waals surface area contributed by atoms with Crippen LogP contribution in [0.1, 0.15) is 64.8 Å². The van der Waals surface area contributed by atoms with Crippen LogP contribution in [-0.2, 0) is 30.5 Å². The number of hydrogen-bond acceptors (Lipinski definition) is 8. The van der Waals surface area contributed by atoms with E-state index in [2.05, 4.69) is 21.2 Å². The van der Waals surface area contributed by atoms with E-state index in [0.29, 0.717) is 25.1 Å². The van der Waals surface area contributed by atoms with E-state index in [-0.39, 0.29) is 18.4 Å². The molecule has 2 aromatic heterocycles. The number of hydrogen-bond donors (Lipinski definition) is 3. The van der Waals surface area contributed by atoms with Crippen molar-refractivity contribution in [2.75, 3.05) is 6.54 Å². The lowest BCUT2D eigenvalue weighted by Gasteiger charge is -2.36. The van der Waals surface area contributed by atoms with Gasteiger partial charge in [-0.25, -0.2) is 10.4 Å². The Balaban J connectivity index is 1.51. The molecule has 2 aliphatic heterocycles. The summed E-state index contributed by atoms with van der Waals surface area (Å²) < 4.78 is 7.37. The van der Waals surface area contributed by atoms with Crippen LogP contribution < -0.4 is 16.1 Å². The van der Waals surface area contributed by atoms with Gasteiger partial charge < -0.3 is 15.4 Å². The van der Waals surface area contributed by atoms with Gasteiger partial charge >= 0.3 is 5.97 Å². The fourth-order valence-corrected chi connectivity index (χ4v) is 5.38. The van der Waals surface area contributed by atoms with Crippen LogP contribution in [0.25, 0.3) is 17.0 Å². The minimum atomic E-state index is -1.03. The molecule has 2 aliphatic rings. The van der Waals surface area contributed by atoms with Gasteiger partial charge in [0.2, 0.25) is 11.8 Å². The Bertz CT molecular complexity index is 1600. The summed E-state index contributed by atoms with van der Waals surface area (Å²) in [5.41, 5.74) is 4.21. The molecule has 1 saturated heterocycles. The maximum absolute atomic E-state index is 13.9. The first-order chi connectivity index (χ1) is 21.4. The van der Waals surface area contributed by atoms with E-state index < -0.39 is 47.4 Å². The number of carbonyl (C=O) groups is 4. The van der Waals surface area contributed by atoms with Gasteiger partial charge in [0, 0.05) is 24.3 Å². The third-order valence-electron chi connectivity index (χ3n) is 8.24. The minimum absolute atomic E-state index is 0.0571. The highest BCUT2D eigenvalue weighted by Crippen LogP contribution is 2.25. The van der Waals surface area contributed by atoms with Crippen LogP contribution in [0.2, 0.25) is 0 Å². The van der Waals surface area contributed by atoms with Crippen molar-refractivity contribution in [3.05, 3.63) is 66.1 Å². The second-order valence-corrected chi connectivity index (χ2v) is 12.6. The summed E-state index contributed by atoms with van der Waals surface area (Å²) in [7, 11) is 0. The smallest absolute Gasteiger partial charge is 0.325 e. The van der Waals surface area contributed by atoms with Gasteiger partial charge in [-0.2, -0.15) is 5.10 Å². The topological polar surface area (TPSA) is 148 Å². The lowest BCUT2D eigenvalue weighted by atomic mass is 9.89. The molecule has 45 heavy (non-hydrogen) atoms. The number of pyridine rings is 1. The maximum Gasteiger partial charge on any atom is 0.325 e. The molecule has 1 fully saturated rings. The number of amides is 3. The summed E-state index contributed by atoms with van der Waals surface area (Å²) in [4.78, 5) is 59.2. The molecule has 5 rings (SSSR count). The molecule has 0 saturated carbocycles. The van der Waals surface area contributed by atoms with Crippen LogP contribution in [0.15, 0.2) is 54.9 Å². The molecule has 3 amide bonds. The van der Waals surface area contributed by atoms with Crippen LogP contribution in [0.5, 0.6) is 0 Å². The molecule has 12 nitrogen and oxygen atoms in total. The summed E-state index contributed by atoms with van der Waals surface area (Å²) in [6, 6.07) is 8.58. The Morgan fingerprint density at radius 2 is 1.87 bits per heavy atom. The summed E-state index contributed by atoms with van der Waals surface area (Å²) >= 11 is 0. The molecule has 0 unspecified atom stereocenters. The van der Waals surface area contributed by atoms with Crippen LogP contribution in [-0.4, -0.2) is 68.1 Å². The number of aromatic nitrogens is 3. The molecule has 12 heteroatoms. The first-order valence-electron chi connectivity index (χ1n) is 15.4. The Morgan fingerprint density at radius 3 is 2.60 bits per heavy atom. The van der Waals surface area contributed by atoms with Crippen molar-refractivity contribution in [1.82, 2.24) is 35.8 Å². The van der Waals surface area contributed by atoms with Crippen molar-refractivity contribution < 1.29 is 23.9 Å². The Morgan fingerprint density at radius 1 is 1.09 bits per heavy atom. The standard InChI is InChI=1S/C33H41N7O5/c1-20(2)28-29(41)36-27(19-39-16-7-15-34-39)30(42)40-17-6-8-25(38-40)31(43)45-21(3)24-12-11-23-10-9-22(18-26(23)35-24)13-14-33(4,5)32(44)37-28/h7,9-16,18,20-21,25,27-28,38H,6,8,17,19H2,1-5H3,(H,36,41)(H,37,44)/t21-,25+,27+,28+/m1/s1. The quantitative estimate of drug-likeness (QED) is 0.381. The minimum Gasteiger partial charge on any atom is -0.455 e. The second kappa shape index (κ2) is 13.2. The highest BCUT2D eigenvalue weighted by molar-refractivity contribution is 5.94. The fraction of sp³-hybridized carbons (Fsp3) is 0.455. The number of rotatable bonds is 3. The number of hydrazine groups is 1. The highest BCUT2D eigenvalue weighted by atomic mass is 16.5. The van der Waals surface area contributed by atoms with Gasteiger partial charge in [-0.05, 0) is 63.3 Å². The molecule has 3 aromatic rings. The maximum atomic E-state index is 13.9. The number of carbonyl (C=O) groups excluding carboxylic acids is 4. The molecule has 5 bridgehead atoms. The summed E-state index contributed by atoms with van der Waals surface area (Å²) in [5.74, 6) is -2.03. The van der Waals surface area contributed by atoms with Crippen LogP contribution in [0.3, 0.4) is 0 Å². The number of ether oxygens (including phenoxy) is 1. The van der Waals surface area contributed by atoms with Gasteiger partial charge in [-0.15, -0.1) is 0 Å². The van der Waals surface area contributed by atoms with Crippen molar-refractivity contribution in [2.45, 2.75) is 78.2 Å². The zero-order valence-electron chi connectivity index (χ0n) is 26.3. The van der Waals surface area contributed by atoms with Gasteiger partial charge in [0.25, 0.3) is 5.91 Å². The Labute approximate surface area is 262 Å². The number of nitrogens with one attached hydrogen (secondary N) is 3. The molecule has 0 radical (unpaired) electrons. The molecule has 4 atom stereocenters. The number of fused-ring (bicyclic) bond motifs is 4. The van der Waals surface area contributed by atoms with E-state index in [0.717, 1.165) is 16.5 Å². The normalized spacial score (nSPS) is 24.8. The van der Waals surface area contributed by atoms with E-state index in [4.69, 9.17) is 9.72 Å². The second-order valence-electron chi connectivity index (χ2n) is 12.6. The van der Waals surface area contributed by atoms with Gasteiger partial charge in [-0.3, -0.25) is 28.9 Å². The lowest BCUT2D eigenvalue weighted by Crippen LogP contribution is -2.62. The fourth-order valence-electron chi connectivity index (χ4n) is 5.38. The number of nitrogens with zero attached hydrogens (tertiary/aromatic N) is 4. The monoisotopic (exact) mass is 615 g/mol. The van der Waals surface area contributed by atoms with Gasteiger partial charge in [0.1, 0.15) is 24.2 Å². The molecule has 3 N–H and O–H groups in total. The van der Waals surface area contributed by atoms with Gasteiger partial charge in [0.05, 0.1) is 23.2 Å². The number of benzene rings is 1. The predicted molar refractivity (Wildman–Crippen MR) is 168 cm³/mol. The lowest BCUT2D eigenvalue weighted by molar-refractivity contribution is -0.157. The van der Waals surface area contributed by atoms with E-state index >= 15 is 0 Å². The highest BCUT2D eigenvalue weighted by Gasteiger charge is 2.37. The molecule has 4 heterocycles. The van der Waals surface area contributed by atoms with Crippen molar-refractivity contribution in [2.24, 2.45) is 11.3 Å². The van der Waals surface area contributed by atoms with Crippen LogP contribution in [0.4, 0.5) is 0 Å². The van der Waals surface area contributed by atoms with Crippen molar-refractivity contribution >= 4 is 40.7 Å². The van der Waals surface area contributed by atoms with Crippen LogP contribution >= 0.6 is 0 Å². The third kappa shape index (κ3) is 7.39. The van der Waals surface area contributed by atoms with Crippen LogP contribution in [0, 0.1) is 11.3 Å². The third-order valence-corrected chi connectivity index (χ3v) is 8.24. The number of esters is 1. The van der Waals surface area contributed by atoms with E-state index in [1.807, 2.05) is 50.3 Å². The first kappa shape index (κ1) is 31.8. The summed E-state index contributed by atoms with van der Waals surface area (Å²) in [6.45, 7) is 9.38. The molecule has 238 valence electrons. The molecule has 0 spiro atoms. The van der Waals surface area contributed by atoms with E-state index in [1.54, 1.807) is 50.0 Å². The Kier molecular flexibility index (Phi) is 9.33. The van der Waals surface area contributed by atoms with Crippen molar-refractivity contribution in [1.29, 1.82) is 0 Å². The average molecular weight is 616 g/mol. The molecule has 1 aromatic carbocycles. The molecular formula is C33H41N7O5. The molecular weight excluding hydrogens is 574 g/mol. The molecule has 0 aliphatic carbocycles. The zero-order valence-corrected chi connectivity index (χ0v) is 26.3. The van der Waals surface area contributed by atoms with Gasteiger partial charge in [0.15, 0.2) is 0 Å². The Hall–Kier alpha value is -4.58. The number of cyclic esters (lactones) is 1. The van der Waals surface area contributed by atoms with E-state index in [1.165, 1.54) is 5.01 Å². The summed E-state index contributed by atoms with van der Waals surface area (Å²) in [5, 5.41) is 12.3. The SMILES string of the molecule is CC(C)[C@@H]1NC(=O)C(C)(C)C=Cc2ccc3ccc(nc3c2)[C@@H](C)OC(=O)[C@@H]2CCCN(N2)C(=O)[C@H](Cn2cccn2)NC1=O. The zero-order chi connectivity index (χ0) is 32.3. The first-order valence-corrected chi connectivity index (χ1v) is 15.4. The summed E-state index contributed by atoms with van der Waals surface area (Å²) in [6.07, 6.45) is 7.32. The van der Waals surface area contributed by atoms with E-state index in [9.17, 15) is 19.2 Å².